The van der Waals surface area contributed by atoms with Crippen LogP contribution in [0.25, 0.3) is 22.2 Å². The van der Waals surface area contributed by atoms with Gasteiger partial charge in [0.25, 0.3) is 0 Å². The zero-order chi connectivity index (χ0) is 21.8. The smallest absolute Gasteiger partial charge is 0.320 e. The molecule has 0 fully saturated rings. The third kappa shape index (κ3) is 4.64. The summed E-state index contributed by atoms with van der Waals surface area (Å²) in [4.78, 5) is 20.3. The third-order valence-electron chi connectivity index (χ3n) is 4.60. The van der Waals surface area contributed by atoms with E-state index in [-0.39, 0.29) is 18.2 Å². The number of pyridine rings is 2. The third-order valence-corrected chi connectivity index (χ3v) is 4.60. The Bertz CT molecular complexity index is 1210. The summed E-state index contributed by atoms with van der Waals surface area (Å²) >= 11 is 0. The van der Waals surface area contributed by atoms with Crippen LogP contribution in [0.4, 0.5) is 19.4 Å². The van der Waals surface area contributed by atoms with E-state index < -0.39 is 18.0 Å². The number of aromatic amines is 1. The normalized spacial score (nSPS) is 12.0. The van der Waals surface area contributed by atoms with Crippen molar-refractivity contribution in [1.29, 1.82) is 0 Å². The SMILES string of the molecule is COCC(NC(=O)Nc1cc2[nH]nc(-c3ccnc(F)c3)c2cn1)c1ccc(F)cc1. The molecule has 0 aliphatic rings. The van der Waals surface area contributed by atoms with E-state index in [1.54, 1.807) is 24.3 Å². The molecule has 31 heavy (non-hydrogen) atoms. The van der Waals surface area contributed by atoms with E-state index in [2.05, 4.69) is 30.8 Å². The van der Waals surface area contributed by atoms with Crippen molar-refractivity contribution < 1.29 is 18.3 Å². The molecule has 1 atom stereocenters. The van der Waals surface area contributed by atoms with E-state index in [0.717, 1.165) is 0 Å². The van der Waals surface area contributed by atoms with Crippen LogP contribution >= 0.6 is 0 Å². The van der Waals surface area contributed by atoms with E-state index in [1.165, 1.54) is 37.7 Å². The van der Waals surface area contributed by atoms with Gasteiger partial charge in [-0.25, -0.2) is 19.2 Å². The number of carbonyl (C=O) groups excluding carboxylic acids is 1. The Balaban J connectivity index is 1.50. The number of fused-ring (bicyclic) bond motifs is 1. The van der Waals surface area contributed by atoms with Crippen LogP contribution in [0.15, 0.2) is 54.9 Å². The number of carbonyl (C=O) groups is 1. The highest BCUT2D eigenvalue weighted by Crippen LogP contribution is 2.27. The molecule has 4 aromatic rings. The number of nitrogens with zero attached hydrogens (tertiary/aromatic N) is 3. The quantitative estimate of drug-likeness (QED) is 0.408. The maximum absolute atomic E-state index is 13.4. The average Bonchev–Trinajstić information content (AvgIpc) is 3.17. The largest absolute Gasteiger partial charge is 0.382 e. The molecule has 3 N–H and O–H groups in total. The summed E-state index contributed by atoms with van der Waals surface area (Å²) in [5.41, 5.74) is 2.39. The number of halogens is 2. The molecule has 3 heterocycles. The van der Waals surface area contributed by atoms with Gasteiger partial charge in [0.1, 0.15) is 17.3 Å². The molecule has 2 amide bonds. The number of urea groups is 1. The zero-order valence-electron chi connectivity index (χ0n) is 16.4. The first-order valence-corrected chi connectivity index (χ1v) is 9.31. The minimum atomic E-state index is -0.608. The molecule has 0 saturated heterocycles. The first kappa shape index (κ1) is 20.4. The number of hydrogen-bond acceptors (Lipinski definition) is 5. The van der Waals surface area contributed by atoms with Gasteiger partial charge in [-0.2, -0.15) is 9.49 Å². The molecular weight excluding hydrogens is 406 g/mol. The van der Waals surface area contributed by atoms with Crippen molar-refractivity contribution in [3.8, 4) is 11.3 Å². The van der Waals surface area contributed by atoms with Gasteiger partial charge in [-0.1, -0.05) is 12.1 Å². The van der Waals surface area contributed by atoms with Crippen molar-refractivity contribution in [2.75, 3.05) is 19.0 Å². The summed E-state index contributed by atoms with van der Waals surface area (Å²) in [6.07, 6.45) is 2.89. The molecule has 4 rings (SSSR count). The molecule has 0 saturated carbocycles. The number of nitrogens with one attached hydrogen (secondary N) is 3. The number of benzene rings is 1. The fourth-order valence-electron chi connectivity index (χ4n) is 3.14. The highest BCUT2D eigenvalue weighted by molar-refractivity contribution is 5.95. The second-order valence-electron chi connectivity index (χ2n) is 6.71. The van der Waals surface area contributed by atoms with Crippen LogP contribution in [0.2, 0.25) is 0 Å². The molecular formula is C21H18F2N6O2. The molecule has 0 radical (unpaired) electrons. The Hall–Kier alpha value is -3.92. The van der Waals surface area contributed by atoms with E-state index in [0.29, 0.717) is 27.7 Å². The van der Waals surface area contributed by atoms with Gasteiger partial charge in [0.15, 0.2) is 0 Å². The number of anilines is 1. The van der Waals surface area contributed by atoms with E-state index in [1.807, 2.05) is 0 Å². The molecule has 0 spiro atoms. The Morgan fingerprint density at radius 2 is 1.97 bits per heavy atom. The van der Waals surface area contributed by atoms with Gasteiger partial charge in [-0.05, 0) is 23.8 Å². The molecule has 3 aromatic heterocycles. The second kappa shape index (κ2) is 8.84. The summed E-state index contributed by atoms with van der Waals surface area (Å²) in [7, 11) is 1.51. The van der Waals surface area contributed by atoms with Crippen LogP contribution in [0, 0.1) is 11.8 Å². The van der Waals surface area contributed by atoms with E-state index in [9.17, 15) is 13.6 Å². The Morgan fingerprint density at radius 3 is 2.71 bits per heavy atom. The number of hydrogen-bond donors (Lipinski definition) is 3. The van der Waals surface area contributed by atoms with Crippen LogP contribution in [-0.2, 0) is 4.74 Å². The van der Waals surface area contributed by atoms with E-state index in [4.69, 9.17) is 4.74 Å². The summed E-state index contributed by atoms with van der Waals surface area (Å²) in [5, 5.41) is 13.2. The maximum atomic E-state index is 13.4. The van der Waals surface area contributed by atoms with Gasteiger partial charge in [-0.3, -0.25) is 10.4 Å². The van der Waals surface area contributed by atoms with Crippen LogP contribution in [0.5, 0.6) is 0 Å². The molecule has 1 unspecified atom stereocenters. The molecule has 8 nitrogen and oxygen atoms in total. The Labute approximate surface area is 175 Å². The minimum absolute atomic E-state index is 0.206. The van der Waals surface area contributed by atoms with Gasteiger partial charge in [0.2, 0.25) is 5.95 Å². The maximum Gasteiger partial charge on any atom is 0.320 e. The van der Waals surface area contributed by atoms with E-state index >= 15 is 0 Å². The summed E-state index contributed by atoms with van der Waals surface area (Å²) < 4.78 is 31.8. The standard InChI is InChI=1S/C21H18F2N6O2/c1-31-11-17(12-2-4-14(22)5-3-12)26-21(30)27-19-9-16-15(10-25-19)20(29-28-16)13-6-7-24-18(23)8-13/h2-10,17H,11H2,1H3,(H,28,29)(H2,25,26,27,30). The van der Waals surface area contributed by atoms with Crippen molar-refractivity contribution in [1.82, 2.24) is 25.5 Å². The number of aromatic nitrogens is 4. The number of H-pyrrole nitrogens is 1. The number of ether oxygens (including phenoxy) is 1. The predicted molar refractivity (Wildman–Crippen MR) is 110 cm³/mol. The highest BCUT2D eigenvalue weighted by Gasteiger charge is 2.16. The summed E-state index contributed by atoms with van der Waals surface area (Å²) in [6, 6.07) is 9.35. The number of rotatable bonds is 6. The lowest BCUT2D eigenvalue weighted by molar-refractivity contribution is 0.168. The first-order valence-electron chi connectivity index (χ1n) is 9.31. The van der Waals surface area contributed by atoms with Gasteiger partial charge >= 0.3 is 6.03 Å². The number of amides is 2. The summed E-state index contributed by atoms with van der Waals surface area (Å²) in [6.45, 7) is 0.206. The molecule has 0 bridgehead atoms. The highest BCUT2D eigenvalue weighted by atomic mass is 19.1. The molecule has 158 valence electrons. The fourth-order valence-corrected chi connectivity index (χ4v) is 3.14. The molecule has 10 heteroatoms. The first-order chi connectivity index (χ1) is 15.0. The topological polar surface area (TPSA) is 105 Å². The predicted octanol–water partition coefficient (Wildman–Crippen LogP) is 3.81. The Morgan fingerprint density at radius 1 is 1.16 bits per heavy atom. The van der Waals surface area contributed by atoms with Gasteiger partial charge in [0.05, 0.1) is 18.2 Å². The lowest BCUT2D eigenvalue weighted by Gasteiger charge is -2.18. The van der Waals surface area contributed by atoms with Crippen molar-refractivity contribution in [2.24, 2.45) is 0 Å². The zero-order valence-corrected chi connectivity index (χ0v) is 16.4. The summed E-state index contributed by atoms with van der Waals surface area (Å²) in [5.74, 6) is -0.685. The van der Waals surface area contributed by atoms with Crippen LogP contribution in [-0.4, -0.2) is 39.9 Å². The lowest BCUT2D eigenvalue weighted by Crippen LogP contribution is -2.35. The van der Waals surface area contributed by atoms with Crippen LogP contribution in [0.1, 0.15) is 11.6 Å². The van der Waals surface area contributed by atoms with Gasteiger partial charge in [0, 0.05) is 42.6 Å². The van der Waals surface area contributed by atoms with Crippen molar-refractivity contribution in [2.45, 2.75) is 6.04 Å². The van der Waals surface area contributed by atoms with Crippen LogP contribution < -0.4 is 10.6 Å². The second-order valence-corrected chi connectivity index (χ2v) is 6.71. The average molecular weight is 424 g/mol. The van der Waals surface area contributed by atoms with Crippen LogP contribution in [0.3, 0.4) is 0 Å². The molecule has 0 aliphatic carbocycles. The van der Waals surface area contributed by atoms with Crippen molar-refractivity contribution >= 4 is 22.8 Å². The van der Waals surface area contributed by atoms with Crippen molar-refractivity contribution in [3.05, 3.63) is 72.2 Å². The lowest BCUT2D eigenvalue weighted by atomic mass is 10.1. The van der Waals surface area contributed by atoms with Gasteiger partial charge in [-0.15, -0.1) is 0 Å². The monoisotopic (exact) mass is 424 g/mol. The minimum Gasteiger partial charge on any atom is -0.382 e. The molecule has 0 aliphatic heterocycles. The Kier molecular flexibility index (Phi) is 5.80. The molecule has 1 aromatic carbocycles. The van der Waals surface area contributed by atoms with Gasteiger partial charge < -0.3 is 10.1 Å². The number of methoxy groups -OCH3 is 1. The van der Waals surface area contributed by atoms with Crippen molar-refractivity contribution in [3.63, 3.8) is 0 Å². The fraction of sp³-hybridized carbons (Fsp3) is 0.143.